The van der Waals surface area contributed by atoms with Crippen molar-refractivity contribution in [2.45, 2.75) is 18.9 Å². The van der Waals surface area contributed by atoms with Crippen molar-refractivity contribution < 1.29 is 13.2 Å². The smallest absolute Gasteiger partial charge is 0.251 e. The van der Waals surface area contributed by atoms with Gasteiger partial charge in [-0.1, -0.05) is 11.6 Å². The molecule has 1 amide bonds. The standard InChI is InChI=1S/C11H13ClN2O3S/c1-18(16,17)14-10-5-2-7(6-9(10)12)11(15)13-8-3-4-8/h2,5-6,8,14H,3-4H2,1H3,(H,13,15). The Kier molecular flexibility index (Phi) is 3.49. The maximum absolute atomic E-state index is 11.7. The number of amides is 1. The SMILES string of the molecule is CS(=O)(=O)Nc1ccc(C(=O)NC2CC2)cc1Cl. The van der Waals surface area contributed by atoms with Crippen molar-refractivity contribution in [3.8, 4) is 0 Å². The van der Waals surface area contributed by atoms with Crippen LogP contribution in [0, 0.1) is 0 Å². The van der Waals surface area contributed by atoms with Gasteiger partial charge in [0.1, 0.15) is 0 Å². The van der Waals surface area contributed by atoms with Crippen molar-refractivity contribution >= 4 is 33.2 Å². The van der Waals surface area contributed by atoms with E-state index in [1.165, 1.54) is 18.2 Å². The van der Waals surface area contributed by atoms with Gasteiger partial charge in [-0.25, -0.2) is 8.42 Å². The Morgan fingerprint density at radius 1 is 1.39 bits per heavy atom. The zero-order chi connectivity index (χ0) is 13.3. The summed E-state index contributed by atoms with van der Waals surface area (Å²) in [6.45, 7) is 0. The highest BCUT2D eigenvalue weighted by Gasteiger charge is 2.24. The van der Waals surface area contributed by atoms with E-state index in [1.54, 1.807) is 0 Å². The third kappa shape index (κ3) is 3.61. The van der Waals surface area contributed by atoms with Gasteiger partial charge in [0, 0.05) is 11.6 Å². The molecule has 7 heteroatoms. The van der Waals surface area contributed by atoms with E-state index in [-0.39, 0.29) is 22.7 Å². The average molecular weight is 289 g/mol. The molecule has 0 atom stereocenters. The fraction of sp³-hybridized carbons (Fsp3) is 0.364. The van der Waals surface area contributed by atoms with Gasteiger partial charge in [0.25, 0.3) is 5.91 Å². The molecule has 0 bridgehead atoms. The molecule has 0 unspecified atom stereocenters. The first-order valence-corrected chi connectivity index (χ1v) is 7.70. The molecule has 1 aromatic carbocycles. The lowest BCUT2D eigenvalue weighted by atomic mass is 10.2. The Bertz CT molecular complexity index is 582. The van der Waals surface area contributed by atoms with Crippen LogP contribution in [0.4, 0.5) is 5.69 Å². The molecule has 0 radical (unpaired) electrons. The fourth-order valence-electron chi connectivity index (χ4n) is 1.44. The first kappa shape index (κ1) is 13.2. The van der Waals surface area contributed by atoms with Gasteiger partial charge in [0.15, 0.2) is 0 Å². The first-order valence-electron chi connectivity index (χ1n) is 5.43. The molecule has 0 aromatic heterocycles. The molecule has 1 saturated carbocycles. The van der Waals surface area contributed by atoms with E-state index in [0.29, 0.717) is 5.56 Å². The Morgan fingerprint density at radius 2 is 2.06 bits per heavy atom. The lowest BCUT2D eigenvalue weighted by molar-refractivity contribution is 0.0951. The molecule has 2 N–H and O–H groups in total. The van der Waals surface area contributed by atoms with Crippen LogP contribution < -0.4 is 10.0 Å². The molecule has 0 spiro atoms. The van der Waals surface area contributed by atoms with Crippen LogP contribution in [0.2, 0.25) is 5.02 Å². The van der Waals surface area contributed by atoms with E-state index in [2.05, 4.69) is 10.0 Å². The zero-order valence-electron chi connectivity index (χ0n) is 9.73. The van der Waals surface area contributed by atoms with Crippen molar-refractivity contribution in [3.05, 3.63) is 28.8 Å². The van der Waals surface area contributed by atoms with Gasteiger partial charge >= 0.3 is 0 Å². The van der Waals surface area contributed by atoms with Gasteiger partial charge in [0.05, 0.1) is 17.0 Å². The highest BCUT2D eigenvalue weighted by molar-refractivity contribution is 7.92. The molecular weight excluding hydrogens is 276 g/mol. The highest BCUT2D eigenvalue weighted by atomic mass is 35.5. The largest absolute Gasteiger partial charge is 0.349 e. The summed E-state index contributed by atoms with van der Waals surface area (Å²) in [6.07, 6.45) is 3.05. The maximum Gasteiger partial charge on any atom is 0.251 e. The summed E-state index contributed by atoms with van der Waals surface area (Å²) < 4.78 is 24.4. The number of carbonyl (C=O) groups is 1. The van der Waals surface area contributed by atoms with E-state index in [0.717, 1.165) is 19.1 Å². The average Bonchev–Trinajstić information content (AvgIpc) is 3.03. The summed E-state index contributed by atoms with van der Waals surface area (Å²) in [7, 11) is -3.38. The fourth-order valence-corrected chi connectivity index (χ4v) is 2.30. The lowest BCUT2D eigenvalue weighted by Gasteiger charge is -2.08. The van der Waals surface area contributed by atoms with Crippen LogP contribution in [0.1, 0.15) is 23.2 Å². The quantitative estimate of drug-likeness (QED) is 0.884. The number of halogens is 1. The van der Waals surface area contributed by atoms with Crippen LogP contribution in [0.3, 0.4) is 0 Å². The normalized spacial score (nSPS) is 15.2. The van der Waals surface area contributed by atoms with Crippen LogP contribution in [0.15, 0.2) is 18.2 Å². The summed E-state index contributed by atoms with van der Waals surface area (Å²) in [4.78, 5) is 11.7. The topological polar surface area (TPSA) is 75.3 Å². The van der Waals surface area contributed by atoms with E-state index in [9.17, 15) is 13.2 Å². The van der Waals surface area contributed by atoms with Gasteiger partial charge < -0.3 is 5.32 Å². The molecule has 1 fully saturated rings. The third-order valence-corrected chi connectivity index (χ3v) is 3.34. The van der Waals surface area contributed by atoms with Crippen LogP contribution >= 0.6 is 11.6 Å². The van der Waals surface area contributed by atoms with Crippen LogP contribution in [-0.4, -0.2) is 26.6 Å². The predicted molar refractivity (Wildman–Crippen MR) is 70.4 cm³/mol. The molecule has 0 saturated heterocycles. The lowest BCUT2D eigenvalue weighted by Crippen LogP contribution is -2.25. The number of anilines is 1. The van der Waals surface area contributed by atoms with Crippen LogP contribution in [-0.2, 0) is 10.0 Å². The van der Waals surface area contributed by atoms with Crippen LogP contribution in [0.25, 0.3) is 0 Å². The monoisotopic (exact) mass is 288 g/mol. The van der Waals surface area contributed by atoms with Crippen LogP contribution in [0.5, 0.6) is 0 Å². The zero-order valence-corrected chi connectivity index (χ0v) is 11.3. The Morgan fingerprint density at radius 3 is 2.56 bits per heavy atom. The molecule has 1 aromatic rings. The van der Waals surface area contributed by atoms with Gasteiger partial charge in [-0.05, 0) is 31.0 Å². The maximum atomic E-state index is 11.7. The van der Waals surface area contributed by atoms with E-state index in [4.69, 9.17) is 11.6 Å². The second kappa shape index (κ2) is 4.78. The van der Waals surface area contributed by atoms with E-state index in [1.807, 2.05) is 0 Å². The summed E-state index contributed by atoms with van der Waals surface area (Å²) >= 11 is 5.92. The summed E-state index contributed by atoms with van der Waals surface area (Å²) in [6, 6.07) is 4.74. The minimum absolute atomic E-state index is 0.190. The number of benzene rings is 1. The van der Waals surface area contributed by atoms with Gasteiger partial charge in [-0.15, -0.1) is 0 Å². The molecule has 1 aliphatic carbocycles. The third-order valence-electron chi connectivity index (χ3n) is 2.44. The van der Waals surface area contributed by atoms with Gasteiger partial charge in [-0.3, -0.25) is 9.52 Å². The van der Waals surface area contributed by atoms with Crippen molar-refractivity contribution in [2.24, 2.45) is 0 Å². The Labute approximate surface area is 111 Å². The second-order valence-electron chi connectivity index (χ2n) is 4.32. The van der Waals surface area contributed by atoms with Crippen molar-refractivity contribution in [3.63, 3.8) is 0 Å². The number of nitrogens with one attached hydrogen (secondary N) is 2. The number of hydrogen-bond donors (Lipinski definition) is 2. The number of carbonyl (C=O) groups excluding carboxylic acids is 1. The molecule has 18 heavy (non-hydrogen) atoms. The van der Waals surface area contributed by atoms with Crippen molar-refractivity contribution in [1.29, 1.82) is 0 Å². The predicted octanol–water partition coefficient (Wildman–Crippen LogP) is 1.60. The van der Waals surface area contributed by atoms with E-state index >= 15 is 0 Å². The van der Waals surface area contributed by atoms with Crippen molar-refractivity contribution in [1.82, 2.24) is 5.32 Å². The number of hydrogen-bond acceptors (Lipinski definition) is 3. The summed E-state index contributed by atoms with van der Waals surface area (Å²) in [5.74, 6) is -0.190. The highest BCUT2D eigenvalue weighted by Crippen LogP contribution is 2.25. The molecule has 98 valence electrons. The molecule has 0 heterocycles. The molecular formula is C11H13ClN2O3S. The van der Waals surface area contributed by atoms with E-state index < -0.39 is 10.0 Å². The molecule has 5 nitrogen and oxygen atoms in total. The Hall–Kier alpha value is -1.27. The Balaban J connectivity index is 2.15. The summed E-state index contributed by atoms with van der Waals surface area (Å²) in [5, 5.41) is 3.03. The first-order chi connectivity index (χ1) is 8.35. The van der Waals surface area contributed by atoms with Gasteiger partial charge in [-0.2, -0.15) is 0 Å². The summed E-state index contributed by atoms with van der Waals surface area (Å²) in [5.41, 5.74) is 0.688. The number of rotatable bonds is 4. The number of sulfonamides is 1. The molecule has 2 rings (SSSR count). The minimum Gasteiger partial charge on any atom is -0.349 e. The molecule has 1 aliphatic rings. The minimum atomic E-state index is -3.38. The van der Waals surface area contributed by atoms with Crippen molar-refractivity contribution in [2.75, 3.05) is 11.0 Å². The van der Waals surface area contributed by atoms with Gasteiger partial charge in [0.2, 0.25) is 10.0 Å². The molecule has 0 aliphatic heterocycles. The second-order valence-corrected chi connectivity index (χ2v) is 6.47.